The fourth-order valence-electron chi connectivity index (χ4n) is 1.35. The van der Waals surface area contributed by atoms with Gasteiger partial charge in [-0.1, -0.05) is 53.4 Å². The zero-order valence-electron chi connectivity index (χ0n) is 10.8. The lowest BCUT2D eigenvalue weighted by atomic mass is 9.88. The van der Waals surface area contributed by atoms with E-state index >= 15 is 0 Å². The monoisotopic (exact) mass is 199 g/mol. The summed E-state index contributed by atoms with van der Waals surface area (Å²) in [5.74, 6) is 0. The summed E-state index contributed by atoms with van der Waals surface area (Å²) in [6.07, 6.45) is 6.86. The van der Waals surface area contributed by atoms with Gasteiger partial charge in [0.25, 0.3) is 0 Å². The van der Waals surface area contributed by atoms with Gasteiger partial charge in [0, 0.05) is 6.04 Å². The first kappa shape index (κ1) is 14.0. The van der Waals surface area contributed by atoms with Crippen LogP contribution in [0.3, 0.4) is 0 Å². The molecule has 0 aromatic carbocycles. The second kappa shape index (κ2) is 7.28. The summed E-state index contributed by atoms with van der Waals surface area (Å²) in [4.78, 5) is 0. The maximum Gasteiger partial charge on any atom is 0.00872 e. The molecule has 0 saturated heterocycles. The van der Waals surface area contributed by atoms with Crippen LogP contribution in [0, 0.1) is 5.41 Å². The molecule has 0 aliphatic rings. The van der Waals surface area contributed by atoms with Crippen LogP contribution in [0.5, 0.6) is 0 Å². The highest BCUT2D eigenvalue weighted by atomic mass is 14.9. The fraction of sp³-hybridized carbons (Fsp3) is 1.00. The van der Waals surface area contributed by atoms with Gasteiger partial charge in [0.15, 0.2) is 0 Å². The topological polar surface area (TPSA) is 12.0 Å². The van der Waals surface area contributed by atoms with Crippen molar-refractivity contribution in [2.45, 2.75) is 72.8 Å². The average molecular weight is 199 g/mol. The van der Waals surface area contributed by atoms with Crippen LogP contribution in [0.4, 0.5) is 0 Å². The molecule has 1 atom stereocenters. The highest BCUT2D eigenvalue weighted by Gasteiger charge is 2.18. The van der Waals surface area contributed by atoms with E-state index in [1.165, 1.54) is 38.6 Å². The molecular weight excluding hydrogens is 170 g/mol. The van der Waals surface area contributed by atoms with Crippen LogP contribution in [0.1, 0.15) is 66.7 Å². The van der Waals surface area contributed by atoms with Crippen LogP contribution in [0.2, 0.25) is 0 Å². The molecule has 86 valence electrons. The normalized spacial score (nSPS) is 14.4. The summed E-state index contributed by atoms with van der Waals surface area (Å²) < 4.78 is 0. The van der Waals surface area contributed by atoms with Crippen LogP contribution in [0.25, 0.3) is 0 Å². The summed E-state index contributed by atoms with van der Waals surface area (Å²) in [6.45, 7) is 12.6. The molecule has 0 spiro atoms. The van der Waals surface area contributed by atoms with E-state index in [2.05, 4.69) is 39.9 Å². The number of rotatable bonds is 7. The summed E-state index contributed by atoms with van der Waals surface area (Å²) >= 11 is 0. The number of unbranched alkanes of at least 4 members (excludes halogenated alkanes) is 4. The van der Waals surface area contributed by atoms with Crippen molar-refractivity contribution in [2.75, 3.05) is 6.54 Å². The van der Waals surface area contributed by atoms with E-state index in [-0.39, 0.29) is 0 Å². The molecule has 0 aliphatic carbocycles. The molecule has 0 aliphatic heterocycles. The molecule has 0 radical (unpaired) electrons. The summed E-state index contributed by atoms with van der Waals surface area (Å²) in [5.41, 5.74) is 0.392. The van der Waals surface area contributed by atoms with E-state index in [4.69, 9.17) is 0 Å². The fourth-order valence-corrected chi connectivity index (χ4v) is 1.35. The standard InChI is InChI=1S/C13H29N/c1-6-7-8-9-10-11-14-12(2)13(3,4)5/h12,14H,6-11H2,1-5H3. The summed E-state index contributed by atoms with van der Waals surface area (Å²) in [7, 11) is 0. The molecule has 0 amide bonds. The first-order valence-corrected chi connectivity index (χ1v) is 6.22. The van der Waals surface area contributed by atoms with E-state index < -0.39 is 0 Å². The minimum atomic E-state index is 0.392. The molecule has 0 aromatic rings. The average Bonchev–Trinajstić information content (AvgIpc) is 2.09. The van der Waals surface area contributed by atoms with E-state index in [0.717, 1.165) is 0 Å². The molecule has 1 nitrogen and oxygen atoms in total. The number of hydrogen-bond acceptors (Lipinski definition) is 1. The lowest BCUT2D eigenvalue weighted by molar-refractivity contribution is 0.285. The first-order valence-electron chi connectivity index (χ1n) is 6.22. The lowest BCUT2D eigenvalue weighted by Crippen LogP contribution is -2.38. The van der Waals surface area contributed by atoms with Crippen molar-refractivity contribution in [1.29, 1.82) is 0 Å². The predicted molar refractivity (Wildman–Crippen MR) is 65.7 cm³/mol. The van der Waals surface area contributed by atoms with E-state index in [0.29, 0.717) is 11.5 Å². The molecule has 1 unspecified atom stereocenters. The molecule has 0 heterocycles. The Morgan fingerprint density at radius 2 is 1.57 bits per heavy atom. The van der Waals surface area contributed by atoms with Crippen LogP contribution < -0.4 is 5.32 Å². The van der Waals surface area contributed by atoms with Gasteiger partial charge in [-0.05, 0) is 25.3 Å². The lowest BCUT2D eigenvalue weighted by Gasteiger charge is -2.28. The van der Waals surface area contributed by atoms with Gasteiger partial charge in [0.05, 0.1) is 0 Å². The van der Waals surface area contributed by atoms with Gasteiger partial charge < -0.3 is 5.32 Å². The summed E-state index contributed by atoms with van der Waals surface area (Å²) in [6, 6.07) is 0.619. The molecule has 14 heavy (non-hydrogen) atoms. The zero-order valence-corrected chi connectivity index (χ0v) is 10.8. The quantitative estimate of drug-likeness (QED) is 0.612. The molecule has 0 saturated carbocycles. The van der Waals surface area contributed by atoms with Gasteiger partial charge in [-0.15, -0.1) is 0 Å². The Morgan fingerprint density at radius 1 is 1.00 bits per heavy atom. The third-order valence-electron chi connectivity index (χ3n) is 3.03. The first-order chi connectivity index (χ1) is 6.48. The van der Waals surface area contributed by atoms with Gasteiger partial charge in [-0.3, -0.25) is 0 Å². The van der Waals surface area contributed by atoms with Crippen molar-refractivity contribution < 1.29 is 0 Å². The van der Waals surface area contributed by atoms with Crippen LogP contribution in [-0.4, -0.2) is 12.6 Å². The van der Waals surface area contributed by atoms with Crippen LogP contribution >= 0.6 is 0 Å². The Morgan fingerprint density at radius 3 is 2.07 bits per heavy atom. The molecule has 1 heteroatoms. The molecular formula is C13H29N. The van der Waals surface area contributed by atoms with Crippen molar-refractivity contribution in [3.8, 4) is 0 Å². The highest BCUT2D eigenvalue weighted by molar-refractivity contribution is 4.75. The minimum Gasteiger partial charge on any atom is -0.314 e. The molecule has 1 N–H and O–H groups in total. The third-order valence-corrected chi connectivity index (χ3v) is 3.03. The van der Waals surface area contributed by atoms with Gasteiger partial charge in [-0.25, -0.2) is 0 Å². The smallest absolute Gasteiger partial charge is 0.00872 e. The van der Waals surface area contributed by atoms with Crippen LogP contribution in [0.15, 0.2) is 0 Å². The highest BCUT2D eigenvalue weighted by Crippen LogP contribution is 2.18. The second-order valence-electron chi connectivity index (χ2n) is 5.46. The Hall–Kier alpha value is -0.0400. The zero-order chi connectivity index (χ0) is 11.0. The van der Waals surface area contributed by atoms with E-state index in [1.807, 2.05) is 0 Å². The largest absolute Gasteiger partial charge is 0.314 e. The van der Waals surface area contributed by atoms with E-state index in [1.54, 1.807) is 0 Å². The number of hydrogen-bond donors (Lipinski definition) is 1. The van der Waals surface area contributed by atoms with Crippen molar-refractivity contribution >= 4 is 0 Å². The molecule has 0 fully saturated rings. The van der Waals surface area contributed by atoms with E-state index in [9.17, 15) is 0 Å². The Balaban J connectivity index is 3.28. The Kier molecular flexibility index (Phi) is 7.26. The van der Waals surface area contributed by atoms with Gasteiger partial charge in [-0.2, -0.15) is 0 Å². The Labute approximate surface area is 90.7 Å². The number of nitrogens with one attached hydrogen (secondary N) is 1. The van der Waals surface area contributed by atoms with Gasteiger partial charge in [0.1, 0.15) is 0 Å². The predicted octanol–water partition coefficient (Wildman–Crippen LogP) is 3.98. The second-order valence-corrected chi connectivity index (χ2v) is 5.46. The Bertz CT molecular complexity index is 124. The third kappa shape index (κ3) is 7.37. The van der Waals surface area contributed by atoms with Crippen LogP contribution in [-0.2, 0) is 0 Å². The molecule has 0 bridgehead atoms. The maximum atomic E-state index is 3.60. The minimum absolute atomic E-state index is 0.392. The maximum absolute atomic E-state index is 3.60. The van der Waals surface area contributed by atoms with Gasteiger partial charge >= 0.3 is 0 Å². The molecule has 0 rings (SSSR count). The van der Waals surface area contributed by atoms with Crippen molar-refractivity contribution in [3.05, 3.63) is 0 Å². The SMILES string of the molecule is CCCCCCCNC(C)C(C)(C)C. The van der Waals surface area contributed by atoms with Gasteiger partial charge in [0.2, 0.25) is 0 Å². The van der Waals surface area contributed by atoms with Crippen molar-refractivity contribution in [2.24, 2.45) is 5.41 Å². The van der Waals surface area contributed by atoms with Crippen molar-refractivity contribution in [1.82, 2.24) is 5.32 Å². The van der Waals surface area contributed by atoms with Crippen molar-refractivity contribution in [3.63, 3.8) is 0 Å². The summed E-state index contributed by atoms with van der Waals surface area (Å²) in [5, 5.41) is 3.60. The molecule has 0 aromatic heterocycles.